The van der Waals surface area contributed by atoms with E-state index in [-0.39, 0.29) is 6.04 Å². The number of hydrogen-bond donors (Lipinski definition) is 1. The highest BCUT2D eigenvalue weighted by Gasteiger charge is 2.18. The first-order valence-corrected chi connectivity index (χ1v) is 7.06. The fourth-order valence-electron chi connectivity index (χ4n) is 1.69. The Bertz CT molecular complexity index is 422. The van der Waals surface area contributed by atoms with E-state index >= 15 is 0 Å². The molecular weight excluding hydrogens is 238 g/mol. The molecule has 1 N–H and O–H groups in total. The van der Waals surface area contributed by atoms with Crippen LogP contribution >= 0.6 is 22.7 Å². The minimum atomic E-state index is 0.256. The van der Waals surface area contributed by atoms with Gasteiger partial charge in [-0.1, -0.05) is 6.92 Å². The van der Waals surface area contributed by atoms with E-state index in [4.69, 9.17) is 4.74 Å². The summed E-state index contributed by atoms with van der Waals surface area (Å²) >= 11 is 3.47. The molecular formula is C12H15NOS2. The van der Waals surface area contributed by atoms with Crippen LogP contribution in [0.15, 0.2) is 28.3 Å². The average molecular weight is 253 g/mol. The van der Waals surface area contributed by atoms with Crippen molar-refractivity contribution in [3.8, 4) is 5.75 Å². The zero-order chi connectivity index (χ0) is 11.4. The van der Waals surface area contributed by atoms with Gasteiger partial charge in [-0.2, -0.15) is 11.3 Å². The van der Waals surface area contributed by atoms with Gasteiger partial charge in [0.25, 0.3) is 0 Å². The highest BCUT2D eigenvalue weighted by atomic mass is 32.1. The fraction of sp³-hybridized carbons (Fsp3) is 0.333. The van der Waals surface area contributed by atoms with Gasteiger partial charge < -0.3 is 10.1 Å². The zero-order valence-electron chi connectivity index (χ0n) is 9.40. The number of nitrogens with one attached hydrogen (secondary N) is 1. The topological polar surface area (TPSA) is 21.3 Å². The second-order valence-electron chi connectivity index (χ2n) is 3.40. The van der Waals surface area contributed by atoms with Crippen LogP contribution in [0.2, 0.25) is 0 Å². The third-order valence-electron chi connectivity index (χ3n) is 2.42. The maximum absolute atomic E-state index is 5.38. The molecule has 1 atom stereocenters. The van der Waals surface area contributed by atoms with E-state index in [1.54, 1.807) is 29.8 Å². The van der Waals surface area contributed by atoms with Crippen molar-refractivity contribution in [1.82, 2.24) is 5.32 Å². The summed E-state index contributed by atoms with van der Waals surface area (Å²) in [6.07, 6.45) is 0. The van der Waals surface area contributed by atoms with Crippen LogP contribution in [0.1, 0.15) is 23.4 Å². The number of thiophene rings is 2. The monoisotopic (exact) mass is 253 g/mol. The summed E-state index contributed by atoms with van der Waals surface area (Å²) in [5, 5.41) is 9.87. The van der Waals surface area contributed by atoms with Crippen LogP contribution < -0.4 is 10.1 Å². The number of ether oxygens (including phenoxy) is 1. The van der Waals surface area contributed by atoms with Gasteiger partial charge >= 0.3 is 0 Å². The Morgan fingerprint density at radius 1 is 1.38 bits per heavy atom. The van der Waals surface area contributed by atoms with Crippen molar-refractivity contribution in [2.45, 2.75) is 13.0 Å². The summed E-state index contributed by atoms with van der Waals surface area (Å²) < 4.78 is 5.38. The Hall–Kier alpha value is -0.840. The Morgan fingerprint density at radius 3 is 2.88 bits per heavy atom. The normalized spacial score (nSPS) is 12.6. The highest BCUT2D eigenvalue weighted by molar-refractivity contribution is 7.10. The van der Waals surface area contributed by atoms with E-state index in [0.29, 0.717) is 0 Å². The summed E-state index contributed by atoms with van der Waals surface area (Å²) in [5.41, 5.74) is 1.31. The summed E-state index contributed by atoms with van der Waals surface area (Å²) in [6.45, 7) is 3.07. The molecule has 4 heteroatoms. The third-order valence-corrected chi connectivity index (χ3v) is 4.09. The smallest absolute Gasteiger partial charge is 0.134 e. The van der Waals surface area contributed by atoms with Gasteiger partial charge in [-0.25, -0.2) is 0 Å². The van der Waals surface area contributed by atoms with Crippen molar-refractivity contribution in [1.29, 1.82) is 0 Å². The van der Waals surface area contributed by atoms with E-state index in [2.05, 4.69) is 34.4 Å². The zero-order valence-corrected chi connectivity index (χ0v) is 11.0. The van der Waals surface area contributed by atoms with Gasteiger partial charge in [0, 0.05) is 0 Å². The SMILES string of the molecule is CCNC(c1ccsc1)c1sccc1OC. The van der Waals surface area contributed by atoms with Gasteiger partial charge in [0.05, 0.1) is 18.0 Å². The Balaban J connectivity index is 2.33. The van der Waals surface area contributed by atoms with Crippen LogP contribution in [-0.2, 0) is 0 Å². The van der Waals surface area contributed by atoms with Crippen LogP contribution in [0, 0.1) is 0 Å². The van der Waals surface area contributed by atoms with Crippen molar-refractivity contribution in [2.24, 2.45) is 0 Å². The lowest BCUT2D eigenvalue weighted by atomic mass is 10.1. The first-order valence-electron chi connectivity index (χ1n) is 5.23. The summed E-state index contributed by atoms with van der Waals surface area (Å²) in [6, 6.07) is 4.44. The third kappa shape index (κ3) is 2.29. The quantitative estimate of drug-likeness (QED) is 0.880. The molecule has 0 bridgehead atoms. The highest BCUT2D eigenvalue weighted by Crippen LogP contribution is 2.35. The number of methoxy groups -OCH3 is 1. The van der Waals surface area contributed by atoms with Crippen molar-refractivity contribution >= 4 is 22.7 Å². The van der Waals surface area contributed by atoms with Crippen LogP contribution in [0.3, 0.4) is 0 Å². The predicted molar refractivity (Wildman–Crippen MR) is 70.7 cm³/mol. The number of rotatable bonds is 5. The Labute approximate surface area is 104 Å². The Kier molecular flexibility index (Phi) is 3.98. The lowest BCUT2D eigenvalue weighted by Gasteiger charge is -2.16. The molecule has 0 aromatic carbocycles. The lowest BCUT2D eigenvalue weighted by molar-refractivity contribution is 0.408. The van der Waals surface area contributed by atoms with Crippen molar-refractivity contribution in [3.05, 3.63) is 38.7 Å². The minimum Gasteiger partial charge on any atom is -0.496 e. The van der Waals surface area contributed by atoms with E-state index in [1.165, 1.54) is 10.4 Å². The van der Waals surface area contributed by atoms with E-state index < -0.39 is 0 Å². The van der Waals surface area contributed by atoms with E-state index in [9.17, 15) is 0 Å². The van der Waals surface area contributed by atoms with Crippen LogP contribution in [0.5, 0.6) is 5.75 Å². The van der Waals surface area contributed by atoms with Crippen molar-refractivity contribution in [3.63, 3.8) is 0 Å². The summed E-state index contributed by atoms with van der Waals surface area (Å²) in [4.78, 5) is 1.25. The van der Waals surface area contributed by atoms with Crippen molar-refractivity contribution < 1.29 is 4.74 Å². The number of hydrogen-bond acceptors (Lipinski definition) is 4. The van der Waals surface area contributed by atoms with E-state index in [1.807, 2.05) is 6.07 Å². The molecule has 2 aromatic heterocycles. The first kappa shape index (κ1) is 11.6. The molecule has 16 heavy (non-hydrogen) atoms. The molecule has 0 aliphatic heterocycles. The molecule has 1 unspecified atom stereocenters. The molecule has 2 aromatic rings. The summed E-state index contributed by atoms with van der Waals surface area (Å²) in [7, 11) is 1.72. The van der Waals surface area contributed by atoms with Gasteiger partial charge in [0.1, 0.15) is 5.75 Å². The molecule has 0 aliphatic carbocycles. The van der Waals surface area contributed by atoms with E-state index in [0.717, 1.165) is 12.3 Å². The second kappa shape index (κ2) is 5.48. The summed E-state index contributed by atoms with van der Waals surface area (Å²) in [5.74, 6) is 0.974. The second-order valence-corrected chi connectivity index (χ2v) is 5.13. The predicted octanol–water partition coefficient (Wildman–Crippen LogP) is 3.52. The van der Waals surface area contributed by atoms with Gasteiger partial charge in [-0.05, 0) is 40.4 Å². The molecule has 2 nitrogen and oxygen atoms in total. The molecule has 0 amide bonds. The molecule has 0 saturated carbocycles. The largest absolute Gasteiger partial charge is 0.496 e. The molecule has 0 spiro atoms. The first-order chi connectivity index (χ1) is 7.86. The average Bonchev–Trinajstić information content (AvgIpc) is 2.96. The van der Waals surface area contributed by atoms with Gasteiger partial charge in [0.15, 0.2) is 0 Å². The Morgan fingerprint density at radius 2 is 2.25 bits per heavy atom. The fourth-order valence-corrected chi connectivity index (χ4v) is 3.34. The maximum Gasteiger partial charge on any atom is 0.134 e. The molecule has 0 radical (unpaired) electrons. The molecule has 86 valence electrons. The van der Waals surface area contributed by atoms with Crippen molar-refractivity contribution in [2.75, 3.05) is 13.7 Å². The van der Waals surface area contributed by atoms with Crippen LogP contribution in [-0.4, -0.2) is 13.7 Å². The van der Waals surface area contributed by atoms with Crippen LogP contribution in [0.4, 0.5) is 0 Å². The standard InChI is InChI=1S/C12H15NOS2/c1-3-13-11(9-4-6-15-8-9)12-10(14-2)5-7-16-12/h4-8,11,13H,3H2,1-2H3. The van der Waals surface area contributed by atoms with Gasteiger partial charge in [0.2, 0.25) is 0 Å². The van der Waals surface area contributed by atoms with Gasteiger partial charge in [-0.15, -0.1) is 11.3 Å². The molecule has 0 fully saturated rings. The lowest BCUT2D eigenvalue weighted by Crippen LogP contribution is -2.20. The molecule has 2 heterocycles. The maximum atomic E-state index is 5.38. The molecule has 2 rings (SSSR count). The molecule has 0 saturated heterocycles. The molecule has 0 aliphatic rings. The minimum absolute atomic E-state index is 0.256. The van der Waals surface area contributed by atoms with Gasteiger partial charge in [-0.3, -0.25) is 0 Å². The van der Waals surface area contributed by atoms with Crippen LogP contribution in [0.25, 0.3) is 0 Å².